The monoisotopic (exact) mass is 205 g/mol. The highest BCUT2D eigenvalue weighted by atomic mass is 16.3. The Balaban J connectivity index is 1.81. The Morgan fingerprint density at radius 1 is 1.33 bits per heavy atom. The van der Waals surface area contributed by atoms with Gasteiger partial charge < -0.3 is 10.0 Å². The fraction of sp³-hybridized carbons (Fsp3) is 0.636. The predicted molar refractivity (Wildman–Crippen MR) is 56.4 cm³/mol. The third-order valence-corrected chi connectivity index (χ3v) is 3.57. The van der Waals surface area contributed by atoms with Crippen molar-refractivity contribution in [2.75, 3.05) is 11.4 Å². The maximum Gasteiger partial charge on any atom is 0.151 e. The number of anilines is 1. The molecule has 2 aliphatic rings. The first-order chi connectivity index (χ1) is 7.36. The lowest BCUT2D eigenvalue weighted by atomic mass is 10.1. The van der Waals surface area contributed by atoms with Crippen LogP contribution in [0.4, 0.5) is 5.82 Å². The van der Waals surface area contributed by atoms with Crippen LogP contribution in [0.5, 0.6) is 0 Å². The quantitative estimate of drug-likeness (QED) is 0.781. The van der Waals surface area contributed by atoms with Crippen LogP contribution in [0.15, 0.2) is 12.1 Å². The Morgan fingerprint density at radius 2 is 2.27 bits per heavy atom. The van der Waals surface area contributed by atoms with Gasteiger partial charge in [0.25, 0.3) is 0 Å². The van der Waals surface area contributed by atoms with Gasteiger partial charge in [-0.25, -0.2) is 0 Å². The van der Waals surface area contributed by atoms with E-state index in [1.54, 1.807) is 0 Å². The van der Waals surface area contributed by atoms with Gasteiger partial charge in [0.05, 0.1) is 12.3 Å². The first-order valence-electron chi connectivity index (χ1n) is 5.57. The van der Waals surface area contributed by atoms with Gasteiger partial charge in [-0.3, -0.25) is 0 Å². The van der Waals surface area contributed by atoms with E-state index < -0.39 is 0 Å². The molecule has 1 aliphatic heterocycles. The summed E-state index contributed by atoms with van der Waals surface area (Å²) in [6.45, 7) is 1.11. The molecule has 1 saturated heterocycles. The molecule has 2 bridgehead atoms. The smallest absolute Gasteiger partial charge is 0.151 e. The van der Waals surface area contributed by atoms with E-state index in [2.05, 4.69) is 15.1 Å². The molecule has 0 amide bonds. The highest BCUT2D eigenvalue weighted by Gasteiger charge is 2.38. The fourth-order valence-corrected chi connectivity index (χ4v) is 2.80. The number of piperidine rings is 1. The molecule has 1 aromatic rings. The zero-order valence-electron chi connectivity index (χ0n) is 8.63. The van der Waals surface area contributed by atoms with Gasteiger partial charge in [-0.15, -0.1) is 5.10 Å². The number of aliphatic hydroxyl groups is 1. The van der Waals surface area contributed by atoms with E-state index in [1.165, 1.54) is 19.3 Å². The van der Waals surface area contributed by atoms with Gasteiger partial charge in [0, 0.05) is 12.6 Å². The van der Waals surface area contributed by atoms with E-state index in [1.807, 2.05) is 12.1 Å². The number of aliphatic hydroxyl groups excluding tert-OH is 1. The normalized spacial score (nSPS) is 28.7. The van der Waals surface area contributed by atoms with Crippen molar-refractivity contribution >= 4 is 5.82 Å². The largest absolute Gasteiger partial charge is 0.390 e. The van der Waals surface area contributed by atoms with Crippen molar-refractivity contribution < 1.29 is 5.11 Å². The minimum atomic E-state index is -0.0284. The second kappa shape index (κ2) is 3.45. The van der Waals surface area contributed by atoms with E-state index >= 15 is 0 Å². The molecule has 1 aliphatic carbocycles. The van der Waals surface area contributed by atoms with Crippen molar-refractivity contribution in [2.45, 2.75) is 31.9 Å². The topological polar surface area (TPSA) is 49.2 Å². The highest BCUT2D eigenvalue weighted by Crippen LogP contribution is 2.39. The van der Waals surface area contributed by atoms with Gasteiger partial charge in [-0.1, -0.05) is 0 Å². The Hall–Kier alpha value is -1.16. The van der Waals surface area contributed by atoms with Crippen LogP contribution in [0.25, 0.3) is 0 Å². The van der Waals surface area contributed by atoms with Crippen molar-refractivity contribution in [1.82, 2.24) is 10.2 Å². The summed E-state index contributed by atoms with van der Waals surface area (Å²) in [4.78, 5) is 2.36. The van der Waals surface area contributed by atoms with Crippen molar-refractivity contribution in [3.63, 3.8) is 0 Å². The van der Waals surface area contributed by atoms with Gasteiger partial charge in [-0.05, 0) is 37.3 Å². The molecule has 1 saturated carbocycles. The van der Waals surface area contributed by atoms with Crippen LogP contribution in [0.3, 0.4) is 0 Å². The second-order valence-corrected chi connectivity index (χ2v) is 4.53. The molecule has 4 heteroatoms. The van der Waals surface area contributed by atoms with Crippen LogP contribution in [-0.2, 0) is 6.61 Å². The standard InChI is InChI=1S/C11H15N3O/c15-7-9-2-4-11(13-12-9)14-6-8-1-3-10(14)5-8/h2,4,8,10,15H,1,3,5-7H2. The molecule has 2 fully saturated rings. The summed E-state index contributed by atoms with van der Waals surface area (Å²) in [7, 11) is 0. The number of hydrogen-bond donors (Lipinski definition) is 1. The van der Waals surface area contributed by atoms with Gasteiger partial charge in [0.2, 0.25) is 0 Å². The van der Waals surface area contributed by atoms with Crippen LogP contribution in [0.2, 0.25) is 0 Å². The highest BCUT2D eigenvalue weighted by molar-refractivity contribution is 5.41. The molecule has 80 valence electrons. The lowest BCUT2D eigenvalue weighted by Crippen LogP contribution is -2.32. The Labute approximate surface area is 88.9 Å². The van der Waals surface area contributed by atoms with E-state index in [0.717, 1.165) is 18.3 Å². The Kier molecular flexibility index (Phi) is 2.09. The maximum absolute atomic E-state index is 8.88. The van der Waals surface area contributed by atoms with Gasteiger partial charge in [0.1, 0.15) is 0 Å². The average Bonchev–Trinajstić information content (AvgIpc) is 2.91. The summed E-state index contributed by atoms with van der Waals surface area (Å²) in [6.07, 6.45) is 4.00. The number of aromatic nitrogens is 2. The molecule has 2 unspecified atom stereocenters. The van der Waals surface area contributed by atoms with E-state index in [4.69, 9.17) is 5.11 Å². The molecule has 1 aromatic heterocycles. The van der Waals surface area contributed by atoms with E-state index in [-0.39, 0.29) is 6.61 Å². The molecule has 0 radical (unpaired) electrons. The summed E-state index contributed by atoms with van der Waals surface area (Å²) < 4.78 is 0. The van der Waals surface area contributed by atoms with Crippen molar-refractivity contribution in [3.8, 4) is 0 Å². The van der Waals surface area contributed by atoms with Crippen LogP contribution >= 0.6 is 0 Å². The molecule has 2 heterocycles. The van der Waals surface area contributed by atoms with E-state index in [9.17, 15) is 0 Å². The SMILES string of the molecule is OCc1ccc(N2CC3CCC2C3)nn1. The second-order valence-electron chi connectivity index (χ2n) is 4.53. The number of hydrogen-bond acceptors (Lipinski definition) is 4. The molecule has 0 aromatic carbocycles. The molecular formula is C11H15N3O. The molecule has 15 heavy (non-hydrogen) atoms. The summed E-state index contributed by atoms with van der Waals surface area (Å²) >= 11 is 0. The van der Waals surface area contributed by atoms with Crippen molar-refractivity contribution in [1.29, 1.82) is 0 Å². The van der Waals surface area contributed by atoms with Crippen LogP contribution < -0.4 is 4.90 Å². The first-order valence-corrected chi connectivity index (χ1v) is 5.57. The zero-order chi connectivity index (χ0) is 10.3. The van der Waals surface area contributed by atoms with Crippen LogP contribution in [0.1, 0.15) is 25.0 Å². The summed E-state index contributed by atoms with van der Waals surface area (Å²) in [5.74, 6) is 1.84. The van der Waals surface area contributed by atoms with Crippen LogP contribution in [0, 0.1) is 5.92 Å². The van der Waals surface area contributed by atoms with Crippen molar-refractivity contribution in [3.05, 3.63) is 17.8 Å². The minimum absolute atomic E-state index is 0.0284. The van der Waals surface area contributed by atoms with E-state index in [0.29, 0.717) is 11.7 Å². The third kappa shape index (κ3) is 1.49. The molecule has 3 rings (SSSR count). The predicted octanol–water partition coefficient (Wildman–Crippen LogP) is 0.958. The molecular weight excluding hydrogens is 190 g/mol. The van der Waals surface area contributed by atoms with Gasteiger partial charge in [-0.2, -0.15) is 5.10 Å². The lowest BCUT2D eigenvalue weighted by Gasteiger charge is -2.27. The Bertz CT molecular complexity index is 351. The summed E-state index contributed by atoms with van der Waals surface area (Å²) in [5, 5.41) is 17.0. The molecule has 1 N–H and O–H groups in total. The lowest BCUT2D eigenvalue weighted by molar-refractivity contribution is 0.275. The average molecular weight is 205 g/mol. The maximum atomic E-state index is 8.88. The number of fused-ring (bicyclic) bond motifs is 2. The summed E-state index contributed by atoms with van der Waals surface area (Å²) in [5.41, 5.74) is 0.642. The number of rotatable bonds is 2. The molecule has 0 spiro atoms. The number of nitrogens with zero attached hydrogens (tertiary/aromatic N) is 3. The minimum Gasteiger partial charge on any atom is -0.390 e. The Morgan fingerprint density at radius 3 is 2.80 bits per heavy atom. The fourth-order valence-electron chi connectivity index (χ4n) is 2.80. The van der Waals surface area contributed by atoms with Crippen molar-refractivity contribution in [2.24, 2.45) is 5.92 Å². The zero-order valence-corrected chi connectivity index (χ0v) is 8.63. The van der Waals surface area contributed by atoms with Gasteiger partial charge in [0.15, 0.2) is 5.82 Å². The molecule has 4 nitrogen and oxygen atoms in total. The van der Waals surface area contributed by atoms with Gasteiger partial charge >= 0.3 is 0 Å². The van der Waals surface area contributed by atoms with Crippen LogP contribution in [-0.4, -0.2) is 27.9 Å². The first kappa shape index (κ1) is 9.09. The molecule has 2 atom stereocenters. The third-order valence-electron chi connectivity index (χ3n) is 3.57. The summed E-state index contributed by atoms with van der Waals surface area (Å²) in [6, 6.07) is 4.51.